The smallest absolute Gasteiger partial charge is 0.258 e. The van der Waals surface area contributed by atoms with Crippen molar-refractivity contribution in [2.24, 2.45) is 0 Å². The van der Waals surface area contributed by atoms with Crippen molar-refractivity contribution in [2.75, 3.05) is 0 Å². The van der Waals surface area contributed by atoms with Crippen molar-refractivity contribution in [3.05, 3.63) is 53.1 Å². The van der Waals surface area contributed by atoms with Crippen molar-refractivity contribution in [3.8, 4) is 34.7 Å². The van der Waals surface area contributed by atoms with Crippen molar-refractivity contribution in [2.45, 2.75) is 45.6 Å². The molecule has 0 fully saturated rings. The second-order valence-electron chi connectivity index (χ2n) is 7.23. The Morgan fingerprint density at radius 1 is 1.26 bits per heavy atom. The molecule has 3 aromatic rings. The summed E-state index contributed by atoms with van der Waals surface area (Å²) in [6, 6.07) is 13.8. The zero-order chi connectivity index (χ0) is 19.0. The van der Waals surface area contributed by atoms with E-state index in [-0.39, 0.29) is 6.10 Å². The van der Waals surface area contributed by atoms with Gasteiger partial charge >= 0.3 is 0 Å². The molecule has 0 saturated heterocycles. The highest BCUT2D eigenvalue weighted by Crippen LogP contribution is 2.39. The third kappa shape index (κ3) is 3.19. The Hall–Kier alpha value is -3.13. The summed E-state index contributed by atoms with van der Waals surface area (Å²) in [4.78, 5) is 4.60. The number of hydrogen-bond acceptors (Lipinski definition) is 5. The topological polar surface area (TPSA) is 71.9 Å². The summed E-state index contributed by atoms with van der Waals surface area (Å²) < 4.78 is 11.2. The number of ether oxygens (including phenoxy) is 1. The monoisotopic (exact) mass is 359 g/mol. The summed E-state index contributed by atoms with van der Waals surface area (Å²) >= 11 is 0. The molecule has 136 valence electrons. The fraction of sp³-hybridized carbons (Fsp3) is 0.318. The Morgan fingerprint density at radius 3 is 2.89 bits per heavy atom. The number of nitrogens with zero attached hydrogens (tertiary/aromatic N) is 3. The highest BCUT2D eigenvalue weighted by Gasteiger charge is 2.24. The quantitative estimate of drug-likeness (QED) is 0.647. The Bertz CT molecular complexity index is 1030. The lowest BCUT2D eigenvalue weighted by Crippen LogP contribution is -2.06. The maximum absolute atomic E-state index is 9.42. The molecule has 1 aliphatic carbocycles. The fourth-order valence-corrected chi connectivity index (χ4v) is 3.68. The van der Waals surface area contributed by atoms with Crippen molar-refractivity contribution in [3.63, 3.8) is 0 Å². The van der Waals surface area contributed by atoms with Gasteiger partial charge in [0, 0.05) is 11.1 Å². The van der Waals surface area contributed by atoms with Gasteiger partial charge in [0.2, 0.25) is 5.82 Å². The van der Waals surface area contributed by atoms with Gasteiger partial charge in [-0.2, -0.15) is 10.2 Å². The highest BCUT2D eigenvalue weighted by molar-refractivity contribution is 5.67. The van der Waals surface area contributed by atoms with Crippen LogP contribution in [0.5, 0.6) is 5.75 Å². The number of nitriles is 1. The predicted octanol–water partition coefficient (Wildman–Crippen LogP) is 5.11. The minimum absolute atomic E-state index is 0.000113. The van der Waals surface area contributed by atoms with Crippen LogP contribution in [0.25, 0.3) is 22.8 Å². The van der Waals surface area contributed by atoms with Crippen molar-refractivity contribution in [1.82, 2.24) is 10.1 Å². The third-order valence-corrected chi connectivity index (χ3v) is 4.91. The fourth-order valence-electron chi connectivity index (χ4n) is 3.68. The van der Waals surface area contributed by atoms with E-state index in [4.69, 9.17) is 9.26 Å². The van der Waals surface area contributed by atoms with Crippen LogP contribution in [0.3, 0.4) is 0 Å². The molecular weight excluding hydrogens is 338 g/mol. The van der Waals surface area contributed by atoms with Crippen molar-refractivity contribution in [1.29, 1.82) is 5.26 Å². The second-order valence-corrected chi connectivity index (χ2v) is 7.23. The van der Waals surface area contributed by atoms with Crippen LogP contribution < -0.4 is 4.74 Å². The van der Waals surface area contributed by atoms with Crippen LogP contribution >= 0.6 is 0 Å². The SMILES string of the molecule is CC(C)Oc1ccc(-c2nc(-c3cccc4c3C(C)CC4)no2)cc1C#N. The number of aryl methyl sites for hydroxylation is 1. The minimum Gasteiger partial charge on any atom is -0.490 e. The largest absolute Gasteiger partial charge is 0.490 e. The summed E-state index contributed by atoms with van der Waals surface area (Å²) in [5.74, 6) is 2.05. The van der Waals surface area contributed by atoms with Gasteiger partial charge in [-0.15, -0.1) is 0 Å². The maximum atomic E-state index is 9.42. The molecule has 0 N–H and O–H groups in total. The molecule has 1 unspecified atom stereocenters. The first kappa shape index (κ1) is 17.3. The zero-order valence-corrected chi connectivity index (χ0v) is 15.7. The van der Waals surface area contributed by atoms with Crippen LogP contribution in [-0.4, -0.2) is 16.2 Å². The van der Waals surface area contributed by atoms with Crippen molar-refractivity contribution >= 4 is 0 Å². The van der Waals surface area contributed by atoms with E-state index in [0.29, 0.717) is 34.5 Å². The van der Waals surface area contributed by atoms with Gasteiger partial charge in [-0.05, 0) is 61.9 Å². The Labute approximate surface area is 158 Å². The third-order valence-electron chi connectivity index (χ3n) is 4.91. The van der Waals surface area contributed by atoms with E-state index < -0.39 is 0 Å². The summed E-state index contributed by atoms with van der Waals surface area (Å²) in [5.41, 5.74) is 4.89. The number of fused-ring (bicyclic) bond motifs is 1. The zero-order valence-electron chi connectivity index (χ0n) is 15.7. The summed E-state index contributed by atoms with van der Waals surface area (Å²) in [5, 5.41) is 13.6. The van der Waals surface area contributed by atoms with Gasteiger partial charge in [0.15, 0.2) is 0 Å². The molecule has 1 aliphatic rings. The molecule has 5 heteroatoms. The van der Waals surface area contributed by atoms with E-state index >= 15 is 0 Å². The van der Waals surface area contributed by atoms with Gasteiger partial charge in [0.1, 0.15) is 11.8 Å². The maximum Gasteiger partial charge on any atom is 0.258 e. The first-order valence-electron chi connectivity index (χ1n) is 9.24. The average molecular weight is 359 g/mol. The molecule has 0 aliphatic heterocycles. The van der Waals surface area contributed by atoms with Crippen LogP contribution in [-0.2, 0) is 6.42 Å². The average Bonchev–Trinajstić information content (AvgIpc) is 3.29. The van der Waals surface area contributed by atoms with Crippen LogP contribution in [0.4, 0.5) is 0 Å². The van der Waals surface area contributed by atoms with E-state index in [2.05, 4.69) is 35.3 Å². The molecule has 4 rings (SSSR count). The van der Waals surface area contributed by atoms with E-state index in [1.165, 1.54) is 11.1 Å². The molecule has 0 spiro atoms. The number of aromatic nitrogens is 2. The molecule has 0 saturated carbocycles. The molecular formula is C22H21N3O2. The number of rotatable bonds is 4. The van der Waals surface area contributed by atoms with Gasteiger partial charge in [-0.3, -0.25) is 0 Å². The molecule has 1 heterocycles. The second kappa shape index (κ2) is 6.88. The molecule has 5 nitrogen and oxygen atoms in total. The highest BCUT2D eigenvalue weighted by atomic mass is 16.5. The molecule has 2 aromatic carbocycles. The van der Waals surface area contributed by atoms with Gasteiger partial charge in [-0.25, -0.2) is 0 Å². The number of benzene rings is 2. The Kier molecular flexibility index (Phi) is 4.41. The van der Waals surface area contributed by atoms with E-state index in [9.17, 15) is 5.26 Å². The number of hydrogen-bond donors (Lipinski definition) is 0. The lowest BCUT2D eigenvalue weighted by molar-refractivity contribution is 0.242. The van der Waals surface area contributed by atoms with Crippen LogP contribution in [0.2, 0.25) is 0 Å². The Balaban J connectivity index is 1.70. The van der Waals surface area contributed by atoms with Crippen LogP contribution in [0.1, 0.15) is 49.8 Å². The molecule has 1 atom stereocenters. The van der Waals surface area contributed by atoms with E-state index in [0.717, 1.165) is 18.4 Å². The minimum atomic E-state index is 0.000113. The standard InChI is InChI=1S/C22H21N3O2/c1-13(2)26-19-10-9-16(11-17(19)12-23)22-24-21(25-27-22)18-6-4-5-15-8-7-14(3)20(15)18/h4-6,9-11,13-14H,7-8H2,1-3H3. The van der Waals surface area contributed by atoms with Gasteiger partial charge in [0.25, 0.3) is 5.89 Å². The lowest BCUT2D eigenvalue weighted by atomic mass is 9.97. The summed E-state index contributed by atoms with van der Waals surface area (Å²) in [6.45, 7) is 6.10. The van der Waals surface area contributed by atoms with E-state index in [1.807, 2.05) is 26.0 Å². The first-order valence-corrected chi connectivity index (χ1v) is 9.24. The first-order chi connectivity index (χ1) is 13.1. The molecule has 27 heavy (non-hydrogen) atoms. The lowest BCUT2D eigenvalue weighted by Gasteiger charge is -2.11. The molecule has 0 bridgehead atoms. The van der Waals surface area contributed by atoms with Crippen molar-refractivity contribution < 1.29 is 9.26 Å². The van der Waals surface area contributed by atoms with Crippen LogP contribution in [0.15, 0.2) is 40.9 Å². The van der Waals surface area contributed by atoms with Gasteiger partial charge in [-0.1, -0.05) is 30.3 Å². The summed E-state index contributed by atoms with van der Waals surface area (Å²) in [6.07, 6.45) is 2.25. The molecule has 0 radical (unpaired) electrons. The van der Waals surface area contributed by atoms with Crippen LogP contribution in [0, 0.1) is 11.3 Å². The van der Waals surface area contributed by atoms with Gasteiger partial charge in [0.05, 0.1) is 11.7 Å². The predicted molar refractivity (Wildman–Crippen MR) is 102 cm³/mol. The van der Waals surface area contributed by atoms with E-state index in [1.54, 1.807) is 12.1 Å². The normalized spacial score (nSPS) is 15.6. The molecule has 0 amide bonds. The summed E-state index contributed by atoms with van der Waals surface area (Å²) in [7, 11) is 0. The van der Waals surface area contributed by atoms with Gasteiger partial charge < -0.3 is 9.26 Å². The molecule has 1 aromatic heterocycles. The Morgan fingerprint density at radius 2 is 2.11 bits per heavy atom.